The minimum absolute atomic E-state index is 0. The molecule has 2 rings (SSSR count). The Labute approximate surface area is 159 Å². The van der Waals surface area contributed by atoms with E-state index in [1.54, 1.807) is 18.4 Å². The number of guanidine groups is 1. The first-order chi connectivity index (χ1) is 10.7. The molecule has 7 heteroatoms. The van der Waals surface area contributed by atoms with Crippen LogP contribution < -0.4 is 15.5 Å². The highest BCUT2D eigenvalue weighted by Crippen LogP contribution is 2.09. The monoisotopic (exact) mass is 445 g/mol. The van der Waals surface area contributed by atoms with Gasteiger partial charge in [-0.2, -0.15) is 0 Å². The van der Waals surface area contributed by atoms with Crippen LogP contribution in [0.1, 0.15) is 10.4 Å². The first-order valence-electron chi connectivity index (χ1n) is 7.28. The van der Waals surface area contributed by atoms with Gasteiger partial charge in [0.15, 0.2) is 5.96 Å². The first-order valence-corrected chi connectivity index (χ1v) is 8.16. The second-order valence-electron chi connectivity index (χ2n) is 5.10. The molecule has 23 heavy (non-hydrogen) atoms. The molecule has 0 atom stereocenters. The SMILES string of the molecule is CN=C(NCCc1cccs1)NCc1ccnc(N(C)C)c1.I. The van der Waals surface area contributed by atoms with Crippen LogP contribution >= 0.6 is 35.3 Å². The third kappa shape index (κ3) is 6.74. The molecule has 2 aromatic heterocycles. The van der Waals surface area contributed by atoms with Crippen LogP contribution in [0.25, 0.3) is 0 Å². The molecule has 5 nitrogen and oxygen atoms in total. The number of aromatic nitrogens is 1. The molecule has 0 radical (unpaired) electrons. The van der Waals surface area contributed by atoms with E-state index in [-0.39, 0.29) is 24.0 Å². The van der Waals surface area contributed by atoms with E-state index in [2.05, 4.69) is 44.2 Å². The van der Waals surface area contributed by atoms with Gasteiger partial charge in [-0.15, -0.1) is 35.3 Å². The summed E-state index contributed by atoms with van der Waals surface area (Å²) in [6, 6.07) is 8.33. The van der Waals surface area contributed by atoms with Crippen LogP contribution in [0.15, 0.2) is 40.8 Å². The molecule has 0 spiro atoms. The molecule has 2 aromatic rings. The van der Waals surface area contributed by atoms with Crippen LogP contribution in [0, 0.1) is 0 Å². The van der Waals surface area contributed by atoms with Crippen LogP contribution in [0.2, 0.25) is 0 Å². The number of anilines is 1. The Kier molecular flexibility index (Phi) is 8.93. The Morgan fingerprint density at radius 3 is 2.78 bits per heavy atom. The smallest absolute Gasteiger partial charge is 0.191 e. The minimum atomic E-state index is 0. The largest absolute Gasteiger partial charge is 0.363 e. The Bertz CT molecular complexity index is 598. The van der Waals surface area contributed by atoms with Crippen molar-refractivity contribution in [3.8, 4) is 0 Å². The molecule has 126 valence electrons. The predicted octanol–water partition coefficient (Wildman–Crippen LogP) is 2.73. The van der Waals surface area contributed by atoms with E-state index in [4.69, 9.17) is 0 Å². The number of rotatable bonds is 6. The Balaban J connectivity index is 0.00000264. The summed E-state index contributed by atoms with van der Waals surface area (Å²) in [6.07, 6.45) is 2.84. The lowest BCUT2D eigenvalue weighted by Gasteiger charge is -2.14. The zero-order chi connectivity index (χ0) is 15.8. The van der Waals surface area contributed by atoms with Crippen molar-refractivity contribution in [2.24, 2.45) is 4.99 Å². The fourth-order valence-corrected chi connectivity index (χ4v) is 2.69. The Morgan fingerprint density at radius 1 is 1.30 bits per heavy atom. The third-order valence-electron chi connectivity index (χ3n) is 3.20. The highest BCUT2D eigenvalue weighted by molar-refractivity contribution is 14.0. The molecular weight excluding hydrogens is 421 g/mol. The molecular formula is C16H24IN5S. The van der Waals surface area contributed by atoms with Gasteiger partial charge in [0.25, 0.3) is 0 Å². The average molecular weight is 445 g/mol. The number of hydrogen-bond donors (Lipinski definition) is 2. The second kappa shape index (κ2) is 10.4. The van der Waals surface area contributed by atoms with Crippen molar-refractivity contribution in [3.05, 3.63) is 46.3 Å². The molecule has 0 unspecified atom stereocenters. The summed E-state index contributed by atoms with van der Waals surface area (Å²) in [6.45, 7) is 1.60. The lowest BCUT2D eigenvalue weighted by molar-refractivity contribution is 0.798. The van der Waals surface area contributed by atoms with Gasteiger partial charge < -0.3 is 15.5 Å². The minimum Gasteiger partial charge on any atom is -0.363 e. The molecule has 2 N–H and O–H groups in total. The van der Waals surface area contributed by atoms with Gasteiger partial charge in [-0.05, 0) is 35.6 Å². The molecule has 0 fully saturated rings. The maximum atomic E-state index is 4.32. The van der Waals surface area contributed by atoms with Crippen LogP contribution in [0.4, 0.5) is 5.82 Å². The van der Waals surface area contributed by atoms with Crippen LogP contribution in [-0.4, -0.2) is 38.6 Å². The topological polar surface area (TPSA) is 52.6 Å². The molecule has 0 saturated carbocycles. The van der Waals surface area contributed by atoms with Crippen molar-refractivity contribution >= 4 is 47.1 Å². The number of thiophene rings is 1. The van der Waals surface area contributed by atoms with Crippen molar-refractivity contribution in [1.82, 2.24) is 15.6 Å². The van der Waals surface area contributed by atoms with Crippen LogP contribution in [-0.2, 0) is 13.0 Å². The third-order valence-corrected chi connectivity index (χ3v) is 4.13. The summed E-state index contributed by atoms with van der Waals surface area (Å²) in [4.78, 5) is 11.9. The fourth-order valence-electron chi connectivity index (χ4n) is 1.98. The average Bonchev–Trinajstić information content (AvgIpc) is 3.04. The number of pyridine rings is 1. The van der Waals surface area contributed by atoms with Crippen LogP contribution in [0.5, 0.6) is 0 Å². The van der Waals surface area contributed by atoms with Crippen molar-refractivity contribution < 1.29 is 0 Å². The highest BCUT2D eigenvalue weighted by Gasteiger charge is 2.02. The first kappa shape index (κ1) is 19.7. The zero-order valence-corrected chi connectivity index (χ0v) is 16.9. The molecule has 0 aromatic carbocycles. The number of hydrogen-bond acceptors (Lipinski definition) is 4. The van der Waals surface area contributed by atoms with E-state index in [0.29, 0.717) is 0 Å². The number of halogens is 1. The van der Waals surface area contributed by atoms with Crippen LogP contribution in [0.3, 0.4) is 0 Å². The molecule has 2 heterocycles. The van der Waals surface area contributed by atoms with E-state index < -0.39 is 0 Å². The van der Waals surface area contributed by atoms with E-state index in [1.807, 2.05) is 31.3 Å². The maximum Gasteiger partial charge on any atom is 0.191 e. The van der Waals surface area contributed by atoms with Gasteiger partial charge in [0, 0.05) is 45.3 Å². The molecule has 0 aliphatic heterocycles. The van der Waals surface area contributed by atoms with E-state index in [9.17, 15) is 0 Å². The summed E-state index contributed by atoms with van der Waals surface area (Å²) >= 11 is 1.78. The number of aliphatic imine (C=N–C) groups is 1. The number of nitrogens with zero attached hydrogens (tertiary/aromatic N) is 3. The molecule has 0 bridgehead atoms. The zero-order valence-electron chi connectivity index (χ0n) is 13.7. The van der Waals surface area contributed by atoms with Gasteiger partial charge in [-0.3, -0.25) is 4.99 Å². The second-order valence-corrected chi connectivity index (χ2v) is 6.13. The predicted molar refractivity (Wildman–Crippen MR) is 110 cm³/mol. The Morgan fingerprint density at radius 2 is 2.13 bits per heavy atom. The number of nitrogens with one attached hydrogen (secondary N) is 2. The fraction of sp³-hybridized carbons (Fsp3) is 0.375. The lowest BCUT2D eigenvalue weighted by atomic mass is 10.2. The molecule has 0 amide bonds. The summed E-state index contributed by atoms with van der Waals surface area (Å²) in [5, 5.41) is 8.77. The van der Waals surface area contributed by atoms with E-state index in [0.717, 1.165) is 31.3 Å². The van der Waals surface area contributed by atoms with Crippen molar-refractivity contribution in [1.29, 1.82) is 0 Å². The summed E-state index contributed by atoms with van der Waals surface area (Å²) in [5.41, 5.74) is 1.18. The molecule has 0 saturated heterocycles. The van der Waals surface area contributed by atoms with Gasteiger partial charge >= 0.3 is 0 Å². The molecule has 0 aliphatic rings. The quantitative estimate of drug-likeness (QED) is 0.408. The van der Waals surface area contributed by atoms with Crippen molar-refractivity contribution in [2.75, 3.05) is 32.6 Å². The van der Waals surface area contributed by atoms with E-state index >= 15 is 0 Å². The van der Waals surface area contributed by atoms with Crippen molar-refractivity contribution in [3.63, 3.8) is 0 Å². The molecule has 0 aliphatic carbocycles. The summed E-state index contributed by atoms with van der Waals surface area (Å²) in [5.74, 6) is 1.78. The Hall–Kier alpha value is -1.35. The van der Waals surface area contributed by atoms with Gasteiger partial charge in [-0.1, -0.05) is 6.07 Å². The highest BCUT2D eigenvalue weighted by atomic mass is 127. The summed E-state index contributed by atoms with van der Waals surface area (Å²) in [7, 11) is 5.77. The normalized spacial score (nSPS) is 10.8. The van der Waals surface area contributed by atoms with Gasteiger partial charge in [0.1, 0.15) is 5.82 Å². The van der Waals surface area contributed by atoms with Gasteiger partial charge in [-0.25, -0.2) is 4.98 Å². The van der Waals surface area contributed by atoms with E-state index in [1.165, 1.54) is 10.4 Å². The standard InChI is InChI=1S/C16H23N5S.HI/c1-17-16(19-9-7-14-5-4-10-22-14)20-12-13-6-8-18-15(11-13)21(2)3;/h4-6,8,10-11H,7,9,12H2,1-3H3,(H2,17,19,20);1H. The lowest BCUT2D eigenvalue weighted by Crippen LogP contribution is -2.37. The van der Waals surface area contributed by atoms with Gasteiger partial charge in [0.05, 0.1) is 0 Å². The van der Waals surface area contributed by atoms with Crippen molar-refractivity contribution in [2.45, 2.75) is 13.0 Å². The maximum absolute atomic E-state index is 4.32. The summed E-state index contributed by atoms with van der Waals surface area (Å²) < 4.78 is 0. The van der Waals surface area contributed by atoms with Gasteiger partial charge in [0.2, 0.25) is 0 Å².